The molecule has 18 heavy (non-hydrogen) atoms. The van der Waals surface area contributed by atoms with Crippen LogP contribution in [-0.2, 0) is 0 Å². The van der Waals surface area contributed by atoms with Crippen molar-refractivity contribution in [3.8, 4) is 0 Å². The first-order valence-corrected chi connectivity index (χ1v) is 8.47. The number of hydrogen-bond acceptors (Lipinski definition) is 2. The normalized spacial score (nSPS) is 14.1. The Bertz CT molecular complexity index is 408. The van der Waals surface area contributed by atoms with Crippen molar-refractivity contribution in [2.45, 2.75) is 24.3 Å². The molecule has 0 aliphatic heterocycles. The molecule has 0 aromatic heterocycles. The predicted octanol–water partition coefficient (Wildman–Crippen LogP) is 5.89. The average Bonchev–Trinajstić information content (AvgIpc) is 2.46. The second-order valence-electron chi connectivity index (χ2n) is 4.30. The fraction of sp³-hybridized carbons (Fsp3) is 0.250. The molecule has 0 heterocycles. The van der Waals surface area contributed by atoms with Crippen LogP contribution in [-0.4, -0.2) is 0 Å². The minimum absolute atomic E-state index is 0.530. The highest BCUT2D eigenvalue weighted by atomic mass is 33.1. The molecule has 2 aromatic rings. The van der Waals surface area contributed by atoms with Crippen molar-refractivity contribution in [1.82, 2.24) is 0 Å². The standard InChI is InChI=1S/C16H18S2/c1-13(15-9-5-3-6-10-15)17-18-14(2)16-11-7-4-8-12-16/h3-14H,1-2H3/t13-,14+. The minimum Gasteiger partial charge on any atom is -0.0856 e. The Kier molecular flexibility index (Phi) is 5.21. The number of rotatable bonds is 5. The molecule has 0 amide bonds. The quantitative estimate of drug-likeness (QED) is 0.623. The monoisotopic (exact) mass is 274 g/mol. The first-order chi connectivity index (χ1) is 8.77. The summed E-state index contributed by atoms with van der Waals surface area (Å²) in [5.74, 6) is 0. The minimum atomic E-state index is 0.530. The van der Waals surface area contributed by atoms with Crippen LogP contribution in [0.25, 0.3) is 0 Å². The summed E-state index contributed by atoms with van der Waals surface area (Å²) >= 11 is 0. The van der Waals surface area contributed by atoms with Gasteiger partial charge in [0.2, 0.25) is 0 Å². The van der Waals surface area contributed by atoms with E-state index >= 15 is 0 Å². The molecule has 0 aliphatic carbocycles. The van der Waals surface area contributed by atoms with Gasteiger partial charge in [0, 0.05) is 10.5 Å². The van der Waals surface area contributed by atoms with Gasteiger partial charge in [0.1, 0.15) is 0 Å². The Labute approximate surface area is 118 Å². The van der Waals surface area contributed by atoms with Gasteiger partial charge in [-0.3, -0.25) is 0 Å². The summed E-state index contributed by atoms with van der Waals surface area (Å²) in [6.45, 7) is 4.54. The van der Waals surface area contributed by atoms with Crippen molar-refractivity contribution < 1.29 is 0 Å². The third-order valence-electron chi connectivity index (χ3n) is 2.88. The van der Waals surface area contributed by atoms with Gasteiger partial charge in [0.15, 0.2) is 0 Å². The number of benzene rings is 2. The van der Waals surface area contributed by atoms with Crippen LogP contribution in [0.15, 0.2) is 60.7 Å². The second-order valence-corrected chi connectivity index (χ2v) is 7.25. The van der Waals surface area contributed by atoms with Crippen LogP contribution >= 0.6 is 21.6 Å². The highest BCUT2D eigenvalue weighted by Gasteiger charge is 2.10. The lowest BCUT2D eigenvalue weighted by molar-refractivity contribution is 1.10. The molecule has 2 rings (SSSR count). The Hall–Kier alpha value is -0.860. The van der Waals surface area contributed by atoms with Crippen molar-refractivity contribution in [3.05, 3.63) is 71.8 Å². The van der Waals surface area contributed by atoms with Gasteiger partial charge >= 0.3 is 0 Å². The highest BCUT2D eigenvalue weighted by molar-refractivity contribution is 8.76. The van der Waals surface area contributed by atoms with Crippen molar-refractivity contribution >= 4 is 21.6 Å². The zero-order valence-electron chi connectivity index (χ0n) is 10.7. The first kappa shape index (κ1) is 13.6. The number of hydrogen-bond donors (Lipinski definition) is 0. The van der Waals surface area contributed by atoms with Gasteiger partial charge in [-0.15, -0.1) is 0 Å². The molecule has 0 saturated carbocycles. The van der Waals surface area contributed by atoms with E-state index < -0.39 is 0 Å². The fourth-order valence-corrected chi connectivity index (χ4v) is 4.26. The molecule has 0 saturated heterocycles. The molecule has 2 atom stereocenters. The smallest absolute Gasteiger partial charge is 0.0373 e. The van der Waals surface area contributed by atoms with E-state index in [4.69, 9.17) is 0 Å². The van der Waals surface area contributed by atoms with Crippen molar-refractivity contribution in [2.24, 2.45) is 0 Å². The zero-order chi connectivity index (χ0) is 12.8. The summed E-state index contributed by atoms with van der Waals surface area (Å²) in [7, 11) is 3.90. The maximum atomic E-state index is 2.27. The predicted molar refractivity (Wildman–Crippen MR) is 84.9 cm³/mol. The molecular formula is C16H18S2. The van der Waals surface area contributed by atoms with E-state index in [0.29, 0.717) is 10.5 Å². The van der Waals surface area contributed by atoms with Gasteiger partial charge in [0.05, 0.1) is 0 Å². The van der Waals surface area contributed by atoms with Crippen LogP contribution in [0.5, 0.6) is 0 Å². The summed E-state index contributed by atoms with van der Waals surface area (Å²) in [6.07, 6.45) is 0. The van der Waals surface area contributed by atoms with E-state index in [1.807, 2.05) is 21.6 Å². The summed E-state index contributed by atoms with van der Waals surface area (Å²) in [4.78, 5) is 0. The van der Waals surface area contributed by atoms with Crippen LogP contribution in [0, 0.1) is 0 Å². The third-order valence-corrected chi connectivity index (χ3v) is 6.18. The molecule has 0 N–H and O–H groups in total. The van der Waals surface area contributed by atoms with Gasteiger partial charge < -0.3 is 0 Å². The topological polar surface area (TPSA) is 0 Å². The average molecular weight is 274 g/mol. The molecule has 0 nitrogen and oxygen atoms in total. The summed E-state index contributed by atoms with van der Waals surface area (Å²) in [5.41, 5.74) is 2.80. The molecular weight excluding hydrogens is 256 g/mol. The lowest BCUT2D eigenvalue weighted by Gasteiger charge is -2.15. The van der Waals surface area contributed by atoms with Crippen LogP contribution in [0.3, 0.4) is 0 Å². The van der Waals surface area contributed by atoms with Crippen molar-refractivity contribution in [3.63, 3.8) is 0 Å². The van der Waals surface area contributed by atoms with E-state index in [0.717, 1.165) is 0 Å². The van der Waals surface area contributed by atoms with Crippen LogP contribution in [0.1, 0.15) is 35.5 Å². The molecule has 94 valence electrons. The van der Waals surface area contributed by atoms with Crippen molar-refractivity contribution in [1.29, 1.82) is 0 Å². The highest BCUT2D eigenvalue weighted by Crippen LogP contribution is 2.45. The largest absolute Gasteiger partial charge is 0.0856 e. The van der Waals surface area contributed by atoms with Crippen LogP contribution < -0.4 is 0 Å². The Balaban J connectivity index is 1.89. The molecule has 0 aliphatic rings. The zero-order valence-corrected chi connectivity index (χ0v) is 12.4. The summed E-state index contributed by atoms with van der Waals surface area (Å²) < 4.78 is 0. The third kappa shape index (κ3) is 3.82. The molecule has 2 aromatic carbocycles. The van der Waals surface area contributed by atoms with E-state index in [2.05, 4.69) is 74.5 Å². The molecule has 2 heteroatoms. The van der Waals surface area contributed by atoms with E-state index in [1.165, 1.54) is 11.1 Å². The maximum Gasteiger partial charge on any atom is 0.0373 e. The molecule has 0 bridgehead atoms. The Morgan fingerprint density at radius 1 is 0.611 bits per heavy atom. The van der Waals surface area contributed by atoms with Crippen molar-refractivity contribution in [2.75, 3.05) is 0 Å². The van der Waals surface area contributed by atoms with Gasteiger partial charge in [-0.2, -0.15) is 0 Å². The Morgan fingerprint density at radius 2 is 0.944 bits per heavy atom. The second kappa shape index (κ2) is 6.91. The van der Waals surface area contributed by atoms with Gasteiger partial charge in [0.25, 0.3) is 0 Å². The lowest BCUT2D eigenvalue weighted by atomic mass is 10.2. The maximum absolute atomic E-state index is 2.27. The molecule has 0 radical (unpaired) electrons. The van der Waals surface area contributed by atoms with E-state index in [-0.39, 0.29) is 0 Å². The van der Waals surface area contributed by atoms with Gasteiger partial charge in [-0.05, 0) is 25.0 Å². The van der Waals surface area contributed by atoms with E-state index in [9.17, 15) is 0 Å². The lowest BCUT2D eigenvalue weighted by Crippen LogP contribution is -1.88. The van der Waals surface area contributed by atoms with E-state index in [1.54, 1.807) is 0 Å². The SMILES string of the molecule is C[C@H](SS[C@H](C)c1ccccc1)c1ccccc1. The molecule has 0 spiro atoms. The summed E-state index contributed by atoms with van der Waals surface area (Å²) in [5, 5.41) is 1.06. The van der Waals surface area contributed by atoms with Gasteiger partial charge in [-0.1, -0.05) is 82.3 Å². The van der Waals surface area contributed by atoms with Crippen LogP contribution in [0.4, 0.5) is 0 Å². The van der Waals surface area contributed by atoms with Crippen LogP contribution in [0.2, 0.25) is 0 Å². The molecule has 0 unspecified atom stereocenters. The molecule has 0 fully saturated rings. The Morgan fingerprint density at radius 3 is 1.28 bits per heavy atom. The fourth-order valence-electron chi connectivity index (χ4n) is 1.73. The first-order valence-electron chi connectivity index (χ1n) is 6.19. The summed E-state index contributed by atoms with van der Waals surface area (Å²) in [6, 6.07) is 21.4. The van der Waals surface area contributed by atoms with Gasteiger partial charge in [-0.25, -0.2) is 0 Å².